The number of hydrogen-bond donors (Lipinski definition) is 1. The van der Waals surface area contributed by atoms with Crippen LogP contribution in [0.5, 0.6) is 0 Å². The molecule has 2 heteroatoms. The molecule has 2 nitrogen and oxygen atoms in total. The van der Waals surface area contributed by atoms with E-state index >= 15 is 0 Å². The number of aryl methyl sites for hydroxylation is 2. The summed E-state index contributed by atoms with van der Waals surface area (Å²) in [4.78, 5) is 2.44. The molecule has 1 fully saturated rings. The van der Waals surface area contributed by atoms with Crippen molar-refractivity contribution in [2.24, 2.45) is 11.7 Å². The van der Waals surface area contributed by atoms with E-state index in [0.717, 1.165) is 19.5 Å². The first-order chi connectivity index (χ1) is 8.15. The van der Waals surface area contributed by atoms with Gasteiger partial charge in [-0.1, -0.05) is 25.1 Å². The van der Waals surface area contributed by atoms with E-state index in [9.17, 15) is 0 Å². The fourth-order valence-corrected chi connectivity index (χ4v) is 2.99. The number of nitrogens with zero attached hydrogens (tertiary/aromatic N) is 1. The summed E-state index contributed by atoms with van der Waals surface area (Å²) < 4.78 is 0. The molecule has 2 unspecified atom stereocenters. The van der Waals surface area contributed by atoms with Crippen LogP contribution in [0.4, 0.5) is 0 Å². The zero-order valence-electron chi connectivity index (χ0n) is 11.2. The van der Waals surface area contributed by atoms with Crippen molar-refractivity contribution in [3.63, 3.8) is 0 Å². The first-order valence-corrected chi connectivity index (χ1v) is 6.65. The fourth-order valence-electron chi connectivity index (χ4n) is 2.99. The van der Waals surface area contributed by atoms with Crippen molar-refractivity contribution < 1.29 is 0 Å². The second kappa shape index (κ2) is 5.19. The van der Waals surface area contributed by atoms with Crippen LogP contribution in [0.15, 0.2) is 18.2 Å². The Morgan fingerprint density at radius 1 is 1.41 bits per heavy atom. The van der Waals surface area contributed by atoms with Crippen LogP contribution in [0.1, 0.15) is 36.1 Å². The highest BCUT2D eigenvalue weighted by Crippen LogP contribution is 2.34. The van der Waals surface area contributed by atoms with Crippen LogP contribution < -0.4 is 5.73 Å². The van der Waals surface area contributed by atoms with E-state index in [1.54, 1.807) is 0 Å². The molecule has 0 radical (unpaired) electrons. The average Bonchev–Trinajstić information content (AvgIpc) is 2.70. The Labute approximate surface area is 105 Å². The summed E-state index contributed by atoms with van der Waals surface area (Å²) in [5.41, 5.74) is 10.1. The van der Waals surface area contributed by atoms with Gasteiger partial charge in [-0.2, -0.15) is 0 Å². The van der Waals surface area contributed by atoms with E-state index in [1.807, 2.05) is 0 Å². The molecule has 0 saturated carbocycles. The van der Waals surface area contributed by atoms with Crippen molar-refractivity contribution in [2.75, 3.05) is 20.1 Å². The molecule has 0 bridgehead atoms. The summed E-state index contributed by atoms with van der Waals surface area (Å²) in [6, 6.07) is 7.51. The Hall–Kier alpha value is -0.860. The molecule has 1 saturated heterocycles. The quantitative estimate of drug-likeness (QED) is 0.867. The number of benzene rings is 1. The minimum absolute atomic E-state index is 0.563. The Bertz CT molecular complexity index is 387. The van der Waals surface area contributed by atoms with Gasteiger partial charge in [-0.25, -0.2) is 0 Å². The van der Waals surface area contributed by atoms with Gasteiger partial charge in [0, 0.05) is 12.6 Å². The monoisotopic (exact) mass is 232 g/mol. The zero-order valence-corrected chi connectivity index (χ0v) is 11.2. The lowest BCUT2D eigenvalue weighted by Crippen LogP contribution is -2.20. The van der Waals surface area contributed by atoms with Crippen molar-refractivity contribution in [1.29, 1.82) is 0 Å². The molecule has 1 aliphatic rings. The van der Waals surface area contributed by atoms with E-state index in [-0.39, 0.29) is 0 Å². The lowest BCUT2D eigenvalue weighted by Gasteiger charge is -2.20. The standard InChI is InChI=1S/C15H24N2/c1-4-13-5-6-14(7-11(13)2)15-8-12(9-16)10-17(15)3/h5-7,12,15H,4,8-10,16H2,1-3H3. The van der Waals surface area contributed by atoms with E-state index in [1.165, 1.54) is 23.1 Å². The third-order valence-electron chi connectivity index (χ3n) is 4.10. The lowest BCUT2D eigenvalue weighted by atomic mass is 9.96. The molecule has 1 aromatic rings. The number of nitrogens with two attached hydrogens (primary N) is 1. The summed E-state index contributed by atoms with van der Waals surface area (Å²) >= 11 is 0. The van der Waals surface area contributed by atoms with E-state index < -0.39 is 0 Å². The Kier molecular flexibility index (Phi) is 3.85. The molecule has 94 valence electrons. The predicted octanol–water partition coefficient (Wildman–Crippen LogP) is 2.51. The molecule has 2 N–H and O–H groups in total. The molecule has 1 aromatic carbocycles. The molecular formula is C15H24N2. The molecular weight excluding hydrogens is 208 g/mol. The molecule has 0 spiro atoms. The Balaban J connectivity index is 2.20. The van der Waals surface area contributed by atoms with Gasteiger partial charge in [-0.3, -0.25) is 4.90 Å². The first kappa shape index (κ1) is 12.6. The molecule has 2 atom stereocenters. The summed E-state index contributed by atoms with van der Waals surface area (Å²) in [6.45, 7) is 6.38. The third-order valence-corrected chi connectivity index (χ3v) is 4.10. The maximum absolute atomic E-state index is 5.79. The van der Waals surface area contributed by atoms with Gasteiger partial charge in [0.2, 0.25) is 0 Å². The smallest absolute Gasteiger partial charge is 0.0348 e. The highest BCUT2D eigenvalue weighted by molar-refractivity contribution is 5.33. The average molecular weight is 232 g/mol. The van der Waals surface area contributed by atoms with Gasteiger partial charge in [0.25, 0.3) is 0 Å². The van der Waals surface area contributed by atoms with E-state index in [4.69, 9.17) is 5.73 Å². The van der Waals surface area contributed by atoms with Crippen molar-refractivity contribution in [1.82, 2.24) is 4.90 Å². The van der Waals surface area contributed by atoms with E-state index in [2.05, 4.69) is 44.0 Å². The minimum Gasteiger partial charge on any atom is -0.330 e. The Morgan fingerprint density at radius 2 is 2.18 bits per heavy atom. The maximum atomic E-state index is 5.79. The topological polar surface area (TPSA) is 29.3 Å². The van der Waals surface area contributed by atoms with Gasteiger partial charge in [0.1, 0.15) is 0 Å². The van der Waals surface area contributed by atoms with Crippen LogP contribution in [0.2, 0.25) is 0 Å². The number of hydrogen-bond acceptors (Lipinski definition) is 2. The van der Waals surface area contributed by atoms with E-state index in [0.29, 0.717) is 12.0 Å². The second-order valence-corrected chi connectivity index (χ2v) is 5.33. The molecule has 2 rings (SSSR count). The molecule has 17 heavy (non-hydrogen) atoms. The van der Waals surface area contributed by atoms with Crippen molar-refractivity contribution in [3.8, 4) is 0 Å². The third kappa shape index (κ3) is 2.53. The van der Waals surface area contributed by atoms with Crippen LogP contribution in [0, 0.1) is 12.8 Å². The second-order valence-electron chi connectivity index (χ2n) is 5.33. The predicted molar refractivity (Wildman–Crippen MR) is 73.1 cm³/mol. The summed E-state index contributed by atoms with van der Waals surface area (Å²) in [5.74, 6) is 0.663. The van der Waals surface area contributed by atoms with Gasteiger partial charge in [-0.15, -0.1) is 0 Å². The van der Waals surface area contributed by atoms with Gasteiger partial charge in [0.05, 0.1) is 0 Å². The van der Waals surface area contributed by atoms with Gasteiger partial charge >= 0.3 is 0 Å². The van der Waals surface area contributed by atoms with Crippen LogP contribution in [0.3, 0.4) is 0 Å². The van der Waals surface area contributed by atoms with Crippen molar-refractivity contribution >= 4 is 0 Å². The first-order valence-electron chi connectivity index (χ1n) is 6.65. The fraction of sp³-hybridized carbons (Fsp3) is 0.600. The van der Waals surface area contributed by atoms with Crippen LogP contribution in [0.25, 0.3) is 0 Å². The van der Waals surface area contributed by atoms with Gasteiger partial charge in [-0.05, 0) is 56.0 Å². The zero-order chi connectivity index (χ0) is 12.4. The SMILES string of the molecule is CCc1ccc(C2CC(CN)CN2C)cc1C. The maximum Gasteiger partial charge on any atom is 0.0348 e. The normalized spacial score (nSPS) is 25.4. The highest BCUT2D eigenvalue weighted by Gasteiger charge is 2.29. The highest BCUT2D eigenvalue weighted by atomic mass is 15.2. The molecule has 0 aromatic heterocycles. The number of rotatable bonds is 3. The summed E-state index contributed by atoms with van der Waals surface area (Å²) in [7, 11) is 2.21. The Morgan fingerprint density at radius 3 is 2.71 bits per heavy atom. The largest absolute Gasteiger partial charge is 0.330 e. The van der Waals surface area contributed by atoms with Gasteiger partial charge < -0.3 is 5.73 Å². The van der Waals surface area contributed by atoms with Crippen LogP contribution in [-0.2, 0) is 6.42 Å². The van der Waals surface area contributed by atoms with Crippen LogP contribution >= 0.6 is 0 Å². The molecule has 1 aliphatic heterocycles. The summed E-state index contributed by atoms with van der Waals surface area (Å²) in [6.07, 6.45) is 2.33. The number of likely N-dealkylation sites (tertiary alicyclic amines) is 1. The van der Waals surface area contributed by atoms with Crippen molar-refractivity contribution in [3.05, 3.63) is 34.9 Å². The van der Waals surface area contributed by atoms with Crippen molar-refractivity contribution in [2.45, 2.75) is 32.7 Å². The van der Waals surface area contributed by atoms with Gasteiger partial charge in [0.15, 0.2) is 0 Å². The minimum atomic E-state index is 0.563. The summed E-state index contributed by atoms with van der Waals surface area (Å²) in [5, 5.41) is 0. The molecule has 0 aliphatic carbocycles. The lowest BCUT2D eigenvalue weighted by molar-refractivity contribution is 0.313. The molecule has 1 heterocycles. The molecule has 0 amide bonds. The van der Waals surface area contributed by atoms with Crippen LogP contribution in [-0.4, -0.2) is 25.0 Å².